The molecule has 1 aromatic heterocycles. The number of aromatic amines is 1. The molecule has 0 unspecified atom stereocenters. The number of nitrogens with one attached hydrogen (secondary N) is 1. The summed E-state index contributed by atoms with van der Waals surface area (Å²) in [6.07, 6.45) is 12.0. The maximum atomic E-state index is 11.9. The molecule has 0 radical (unpaired) electrons. The minimum Gasteiger partial charge on any atom is -0.293 e. The normalized spacial score (nSPS) is 27.1. The Morgan fingerprint density at radius 2 is 1.60 bits per heavy atom. The number of allylic oxidation sites excluding steroid dienone is 2. The second kappa shape index (κ2) is 5.28. The van der Waals surface area contributed by atoms with Gasteiger partial charge >= 0.3 is 11.4 Å². The van der Waals surface area contributed by atoms with Gasteiger partial charge in [-0.25, -0.2) is 23.9 Å². The molecule has 0 atom stereocenters. The highest BCUT2D eigenvalue weighted by atomic mass is 16.2. The van der Waals surface area contributed by atoms with Gasteiger partial charge in [0, 0.05) is 13.1 Å². The van der Waals surface area contributed by atoms with E-state index in [0.29, 0.717) is 6.04 Å². The lowest BCUT2D eigenvalue weighted by Gasteiger charge is -2.32. The van der Waals surface area contributed by atoms with E-state index in [-0.39, 0.29) is 17.4 Å². The molecule has 108 valence electrons. The Morgan fingerprint density at radius 1 is 1.00 bits per heavy atom. The molecule has 6 nitrogen and oxygen atoms in total. The highest BCUT2D eigenvalue weighted by Crippen LogP contribution is 2.19. The van der Waals surface area contributed by atoms with Crippen LogP contribution in [0.3, 0.4) is 0 Å². The Bertz CT molecular complexity index is 629. The van der Waals surface area contributed by atoms with Gasteiger partial charge in [-0.2, -0.15) is 0 Å². The number of hydrogen-bond acceptors (Lipinski definition) is 3. The van der Waals surface area contributed by atoms with Crippen LogP contribution < -0.4 is 11.4 Å². The van der Waals surface area contributed by atoms with Crippen molar-refractivity contribution in [3.63, 3.8) is 0 Å². The smallest absolute Gasteiger partial charge is 0.293 e. The van der Waals surface area contributed by atoms with E-state index in [1.807, 2.05) is 12.2 Å². The molecule has 1 fully saturated rings. The van der Waals surface area contributed by atoms with Crippen LogP contribution in [0, 0.1) is 0 Å². The number of nitrogens with zero attached hydrogens (tertiary/aromatic N) is 3. The Hall–Kier alpha value is -1.82. The second-order valence-electron chi connectivity index (χ2n) is 5.48. The first-order chi connectivity index (χ1) is 9.66. The third kappa shape index (κ3) is 2.31. The number of likely N-dealkylation sites (tertiary alicyclic amines) is 1. The van der Waals surface area contributed by atoms with Crippen LogP contribution in [0.1, 0.15) is 25.3 Å². The summed E-state index contributed by atoms with van der Waals surface area (Å²) in [5.74, 6) is 0. The maximum Gasteiger partial charge on any atom is 0.347 e. The summed E-state index contributed by atoms with van der Waals surface area (Å²) in [7, 11) is 1.48. The van der Waals surface area contributed by atoms with E-state index in [1.54, 1.807) is 0 Å². The molecular formula is C14H20N4O2. The summed E-state index contributed by atoms with van der Waals surface area (Å²) >= 11 is 0. The van der Waals surface area contributed by atoms with Crippen molar-refractivity contribution < 1.29 is 0 Å². The van der Waals surface area contributed by atoms with Gasteiger partial charge in [0.1, 0.15) is 0 Å². The fourth-order valence-corrected chi connectivity index (χ4v) is 2.89. The van der Waals surface area contributed by atoms with Crippen molar-refractivity contribution in [1.82, 2.24) is 19.2 Å². The molecule has 1 aliphatic heterocycles. The molecule has 2 heterocycles. The summed E-state index contributed by atoms with van der Waals surface area (Å²) < 4.78 is 2.44. The number of aromatic nitrogens is 3. The van der Waals surface area contributed by atoms with Crippen molar-refractivity contribution in [2.75, 3.05) is 13.1 Å². The zero-order valence-electron chi connectivity index (χ0n) is 11.7. The molecule has 1 aromatic rings. The fourth-order valence-electron chi connectivity index (χ4n) is 2.89. The highest BCUT2D eigenvalue weighted by molar-refractivity contribution is 5.19. The van der Waals surface area contributed by atoms with E-state index in [4.69, 9.17) is 0 Å². The quantitative estimate of drug-likeness (QED) is 0.795. The van der Waals surface area contributed by atoms with Crippen molar-refractivity contribution in [3.8, 4) is 0 Å². The Balaban J connectivity index is 1.76. The summed E-state index contributed by atoms with van der Waals surface area (Å²) in [6, 6.07) is 0.120. The van der Waals surface area contributed by atoms with Crippen LogP contribution in [-0.2, 0) is 7.05 Å². The Morgan fingerprint density at radius 3 is 2.15 bits per heavy atom. The molecule has 1 N–H and O–H groups in total. The maximum absolute atomic E-state index is 11.9. The zero-order valence-corrected chi connectivity index (χ0v) is 11.7. The minimum absolute atomic E-state index is 0.197. The summed E-state index contributed by atoms with van der Waals surface area (Å²) in [5, 5.41) is 2.57. The van der Waals surface area contributed by atoms with Crippen LogP contribution in [0.25, 0.3) is 0 Å². The van der Waals surface area contributed by atoms with Gasteiger partial charge in [0.2, 0.25) is 0 Å². The van der Waals surface area contributed by atoms with Gasteiger partial charge < -0.3 is 0 Å². The lowest BCUT2D eigenvalue weighted by Crippen LogP contribution is -2.38. The van der Waals surface area contributed by atoms with Crippen molar-refractivity contribution in [1.29, 1.82) is 0 Å². The summed E-state index contributed by atoms with van der Waals surface area (Å²) in [4.78, 5) is 25.8. The molecule has 1 aliphatic carbocycles. The number of H-pyrrole nitrogens is 1. The molecule has 0 saturated carbocycles. The predicted octanol–water partition coefficient (Wildman–Crippen LogP) is 0.397. The largest absolute Gasteiger partial charge is 0.347 e. The topological polar surface area (TPSA) is 63.0 Å². The second-order valence-corrected chi connectivity index (χ2v) is 5.48. The van der Waals surface area contributed by atoms with E-state index in [9.17, 15) is 9.59 Å². The molecule has 6 heteroatoms. The van der Waals surface area contributed by atoms with Crippen LogP contribution in [-0.4, -0.2) is 38.4 Å². The van der Waals surface area contributed by atoms with Crippen LogP contribution in [0.4, 0.5) is 0 Å². The molecule has 2 aliphatic rings. The van der Waals surface area contributed by atoms with E-state index in [2.05, 4.69) is 22.2 Å². The molecular weight excluding hydrogens is 256 g/mol. The summed E-state index contributed by atoms with van der Waals surface area (Å²) in [5.41, 5.74) is -0.694. The molecule has 0 aromatic carbocycles. The lowest BCUT2D eigenvalue weighted by molar-refractivity contribution is 0.214. The Kier molecular flexibility index (Phi) is 3.48. The third-order valence-corrected chi connectivity index (χ3v) is 4.14. The van der Waals surface area contributed by atoms with Crippen LogP contribution in [0.15, 0.2) is 33.9 Å². The monoisotopic (exact) mass is 276 g/mol. The Labute approximate surface area is 117 Å². The standard InChI is InChI=1S/C14H20N4O2/c1-16-13(19)15-18(14(16)20)12-7-5-11(6-8-12)17-9-3-2-4-10-17/h5-8,11-12H,2-4,9-10H2,1H3,(H,15,19). The third-order valence-electron chi connectivity index (χ3n) is 4.14. The van der Waals surface area contributed by atoms with Gasteiger partial charge in [-0.05, 0) is 25.9 Å². The molecule has 0 amide bonds. The van der Waals surface area contributed by atoms with E-state index >= 15 is 0 Å². The molecule has 0 spiro atoms. The molecule has 20 heavy (non-hydrogen) atoms. The zero-order chi connectivity index (χ0) is 14.1. The van der Waals surface area contributed by atoms with Gasteiger partial charge in [0.25, 0.3) is 0 Å². The van der Waals surface area contributed by atoms with Gasteiger partial charge in [-0.1, -0.05) is 30.7 Å². The lowest BCUT2D eigenvalue weighted by atomic mass is 10.0. The first kappa shape index (κ1) is 13.2. The van der Waals surface area contributed by atoms with Gasteiger partial charge in [0.15, 0.2) is 0 Å². The highest BCUT2D eigenvalue weighted by Gasteiger charge is 2.20. The van der Waals surface area contributed by atoms with Gasteiger partial charge in [-0.3, -0.25) is 4.90 Å². The van der Waals surface area contributed by atoms with Gasteiger partial charge in [-0.15, -0.1) is 0 Å². The average Bonchev–Trinajstić information content (AvgIpc) is 2.76. The predicted molar refractivity (Wildman–Crippen MR) is 76.8 cm³/mol. The van der Waals surface area contributed by atoms with Crippen LogP contribution in [0.2, 0.25) is 0 Å². The van der Waals surface area contributed by atoms with Crippen molar-refractivity contribution in [3.05, 3.63) is 45.3 Å². The molecule has 1 saturated heterocycles. The van der Waals surface area contributed by atoms with Crippen molar-refractivity contribution in [2.24, 2.45) is 7.05 Å². The fraction of sp³-hybridized carbons (Fsp3) is 0.571. The van der Waals surface area contributed by atoms with E-state index in [1.165, 1.54) is 31.0 Å². The number of hydrogen-bond donors (Lipinski definition) is 1. The first-order valence-electron chi connectivity index (χ1n) is 7.15. The SMILES string of the molecule is Cn1c(=O)[nH]n(C2C=CC(N3CCCCC3)C=C2)c1=O. The minimum atomic E-state index is -0.380. The van der Waals surface area contributed by atoms with Crippen LogP contribution >= 0.6 is 0 Å². The first-order valence-corrected chi connectivity index (χ1v) is 7.15. The van der Waals surface area contributed by atoms with Gasteiger partial charge in [0.05, 0.1) is 6.04 Å². The van der Waals surface area contributed by atoms with E-state index in [0.717, 1.165) is 17.7 Å². The van der Waals surface area contributed by atoms with Crippen molar-refractivity contribution in [2.45, 2.75) is 31.3 Å². The molecule has 3 rings (SSSR count). The average molecular weight is 276 g/mol. The number of piperidine rings is 1. The van der Waals surface area contributed by atoms with E-state index < -0.39 is 0 Å². The molecule has 0 bridgehead atoms. The van der Waals surface area contributed by atoms with Crippen molar-refractivity contribution >= 4 is 0 Å². The number of rotatable bonds is 2. The summed E-state index contributed by atoms with van der Waals surface area (Å²) in [6.45, 7) is 2.26. The van der Waals surface area contributed by atoms with Crippen LogP contribution in [0.5, 0.6) is 0 Å².